The van der Waals surface area contributed by atoms with Crippen LogP contribution in [0.25, 0.3) is 33.4 Å². The summed E-state index contributed by atoms with van der Waals surface area (Å²) in [5, 5.41) is 0. The maximum absolute atomic E-state index is 4.54. The second-order valence-electron chi connectivity index (χ2n) is 11.0. The van der Waals surface area contributed by atoms with Gasteiger partial charge >= 0.3 is 0 Å². The summed E-state index contributed by atoms with van der Waals surface area (Å²) >= 11 is 0. The number of hydrogen-bond acceptors (Lipinski definition) is 4. The van der Waals surface area contributed by atoms with Gasteiger partial charge in [0.15, 0.2) is 0 Å². The number of pyridine rings is 2. The van der Waals surface area contributed by atoms with E-state index in [4.69, 9.17) is 0 Å². The van der Waals surface area contributed by atoms with Crippen molar-refractivity contribution in [3.8, 4) is 33.4 Å². The van der Waals surface area contributed by atoms with Crippen LogP contribution in [0.5, 0.6) is 0 Å². The Morgan fingerprint density at radius 2 is 0.875 bits per heavy atom. The van der Waals surface area contributed by atoms with Gasteiger partial charge in [-0.15, -0.1) is 0 Å². The maximum atomic E-state index is 4.54. The molecule has 0 fully saturated rings. The summed E-state index contributed by atoms with van der Waals surface area (Å²) in [6, 6.07) is 36.0. The minimum atomic E-state index is 0.0886. The predicted molar refractivity (Wildman–Crippen MR) is 159 cm³/mol. The third-order valence-corrected chi connectivity index (χ3v) is 9.23. The summed E-state index contributed by atoms with van der Waals surface area (Å²) in [6.07, 6.45) is 7.89. The Bertz CT molecular complexity index is 1770. The topological polar surface area (TPSA) is 32.3 Å². The van der Waals surface area contributed by atoms with Crippen LogP contribution in [0, 0.1) is 0 Å². The molecule has 0 N–H and O–H groups in total. The zero-order valence-electron chi connectivity index (χ0n) is 21.5. The van der Waals surface area contributed by atoms with E-state index in [0.717, 1.165) is 0 Å². The van der Waals surface area contributed by atoms with Gasteiger partial charge in [-0.05, 0) is 63.2 Å². The first-order valence-electron chi connectivity index (χ1n) is 13.8. The predicted octanol–water partition coefficient (Wildman–Crippen LogP) is 8.59. The summed E-state index contributed by atoms with van der Waals surface area (Å²) in [7, 11) is 0. The average Bonchev–Trinajstić information content (AvgIpc) is 3.03. The van der Waals surface area contributed by atoms with Crippen LogP contribution in [0.15, 0.2) is 122 Å². The number of nitrogens with zero attached hydrogens (tertiary/aromatic N) is 4. The van der Waals surface area contributed by atoms with Crippen molar-refractivity contribution >= 4 is 22.7 Å². The number of fused-ring (bicyclic) bond motifs is 16. The van der Waals surface area contributed by atoms with E-state index >= 15 is 0 Å². The smallest absolute Gasteiger partial charge is 0.0857 e. The summed E-state index contributed by atoms with van der Waals surface area (Å²) in [6.45, 7) is 0. The van der Waals surface area contributed by atoms with Gasteiger partial charge in [0.05, 0.1) is 34.8 Å². The van der Waals surface area contributed by atoms with Crippen LogP contribution in [0.2, 0.25) is 0 Å². The number of aromatic nitrogens is 2. The molecule has 4 aromatic carbocycles. The number of rotatable bonds is 0. The van der Waals surface area contributed by atoms with Crippen molar-refractivity contribution in [3.05, 3.63) is 144 Å². The van der Waals surface area contributed by atoms with E-state index in [1.807, 2.05) is 24.8 Å². The lowest BCUT2D eigenvalue weighted by Gasteiger charge is -2.51. The van der Waals surface area contributed by atoms with Crippen molar-refractivity contribution in [3.63, 3.8) is 0 Å². The SMILES string of the molecule is c1ccc2c(c1)-c1cnccc1N1c3cccc4c3-c3c(cccc3C3c5ccccc5-c5cnccc5N43)C21. The minimum Gasteiger partial charge on any atom is -0.328 e. The van der Waals surface area contributed by atoms with Gasteiger partial charge in [-0.1, -0.05) is 72.8 Å². The summed E-state index contributed by atoms with van der Waals surface area (Å²) in [4.78, 5) is 14.2. The maximum Gasteiger partial charge on any atom is 0.0857 e. The van der Waals surface area contributed by atoms with Crippen LogP contribution >= 0.6 is 0 Å². The monoisotopic (exact) mass is 510 g/mol. The molecule has 4 nitrogen and oxygen atoms in total. The number of anilines is 4. The van der Waals surface area contributed by atoms with E-state index in [-0.39, 0.29) is 12.1 Å². The first-order valence-corrected chi connectivity index (χ1v) is 13.8. The first kappa shape index (κ1) is 20.7. The molecule has 10 rings (SSSR count). The van der Waals surface area contributed by atoms with Crippen molar-refractivity contribution in [1.82, 2.24) is 9.97 Å². The van der Waals surface area contributed by atoms with E-state index in [1.165, 1.54) is 78.4 Å². The molecule has 4 aliphatic rings. The normalized spacial score (nSPS) is 17.9. The highest BCUT2D eigenvalue weighted by Gasteiger charge is 2.46. The lowest BCUT2D eigenvalue weighted by molar-refractivity contribution is 0.762. The molecule has 0 radical (unpaired) electrons. The van der Waals surface area contributed by atoms with Crippen molar-refractivity contribution in [2.45, 2.75) is 12.1 Å². The third-order valence-electron chi connectivity index (χ3n) is 9.23. The van der Waals surface area contributed by atoms with E-state index in [1.54, 1.807) is 0 Å². The Labute approximate surface area is 231 Å². The Morgan fingerprint density at radius 3 is 1.43 bits per heavy atom. The molecule has 6 heterocycles. The lowest BCUT2D eigenvalue weighted by Crippen LogP contribution is -2.38. The van der Waals surface area contributed by atoms with E-state index in [0.29, 0.717) is 0 Å². The van der Waals surface area contributed by atoms with Crippen molar-refractivity contribution < 1.29 is 0 Å². The van der Waals surface area contributed by atoms with Crippen LogP contribution in [0.4, 0.5) is 22.7 Å². The van der Waals surface area contributed by atoms with Crippen molar-refractivity contribution in [2.75, 3.05) is 9.80 Å². The third kappa shape index (κ3) is 2.35. The van der Waals surface area contributed by atoms with Gasteiger partial charge in [-0.25, -0.2) is 0 Å². The molecule has 0 saturated heterocycles. The molecule has 186 valence electrons. The molecule has 40 heavy (non-hydrogen) atoms. The van der Waals surface area contributed by atoms with Crippen molar-refractivity contribution in [2.24, 2.45) is 0 Å². The van der Waals surface area contributed by atoms with Gasteiger partial charge in [0.2, 0.25) is 0 Å². The van der Waals surface area contributed by atoms with Crippen LogP contribution in [-0.2, 0) is 0 Å². The second-order valence-corrected chi connectivity index (χ2v) is 11.0. The van der Waals surface area contributed by atoms with E-state index in [9.17, 15) is 0 Å². The van der Waals surface area contributed by atoms with Gasteiger partial charge < -0.3 is 9.80 Å². The van der Waals surface area contributed by atoms with Crippen LogP contribution < -0.4 is 9.80 Å². The quantitative estimate of drug-likeness (QED) is 0.205. The number of benzene rings is 4. The second kappa shape index (κ2) is 7.25. The summed E-state index contributed by atoms with van der Waals surface area (Å²) in [5.74, 6) is 0. The van der Waals surface area contributed by atoms with Gasteiger partial charge in [0.25, 0.3) is 0 Å². The fourth-order valence-corrected chi connectivity index (χ4v) is 7.80. The van der Waals surface area contributed by atoms with Gasteiger partial charge in [-0.3, -0.25) is 9.97 Å². The zero-order valence-corrected chi connectivity index (χ0v) is 21.5. The Morgan fingerprint density at radius 1 is 0.400 bits per heavy atom. The number of hydrogen-bond donors (Lipinski definition) is 0. The first-order chi connectivity index (χ1) is 19.9. The molecule has 0 amide bonds. The van der Waals surface area contributed by atoms with Gasteiger partial charge in [-0.2, -0.15) is 0 Å². The molecule has 0 aliphatic carbocycles. The van der Waals surface area contributed by atoms with Crippen LogP contribution in [0.3, 0.4) is 0 Å². The molecule has 0 spiro atoms. The van der Waals surface area contributed by atoms with Crippen LogP contribution in [0.1, 0.15) is 34.3 Å². The van der Waals surface area contributed by atoms with E-state index in [2.05, 4.69) is 117 Å². The lowest BCUT2D eigenvalue weighted by atomic mass is 9.72. The van der Waals surface area contributed by atoms with Crippen molar-refractivity contribution in [1.29, 1.82) is 0 Å². The molecule has 0 saturated carbocycles. The Hall–Kier alpha value is -5.22. The minimum absolute atomic E-state index is 0.0886. The molecule has 0 bridgehead atoms. The molecule has 2 aromatic heterocycles. The van der Waals surface area contributed by atoms with Gasteiger partial charge in [0.1, 0.15) is 0 Å². The molecule has 2 atom stereocenters. The average molecular weight is 511 g/mol. The van der Waals surface area contributed by atoms with Crippen LogP contribution in [-0.4, -0.2) is 9.97 Å². The fourth-order valence-electron chi connectivity index (χ4n) is 7.80. The highest BCUT2D eigenvalue weighted by molar-refractivity contribution is 6.06. The highest BCUT2D eigenvalue weighted by Crippen LogP contribution is 2.64. The summed E-state index contributed by atoms with van der Waals surface area (Å²) in [5.41, 5.74) is 17.9. The standard InChI is InChI=1S/C36H22N4/c1-3-9-23-21(7-1)27-19-37-17-15-29(27)39-31-13-6-14-32-34(31)33-25(35(23)39)11-5-12-26(33)36-24-10-4-2-8-22(24)28-20-38-18-16-30(28)40(32)36/h1-20,35-36H. The molecule has 4 heteroatoms. The molecule has 2 unspecified atom stereocenters. The highest BCUT2D eigenvalue weighted by atomic mass is 15.2. The summed E-state index contributed by atoms with van der Waals surface area (Å²) < 4.78 is 0. The molecular formula is C36H22N4. The van der Waals surface area contributed by atoms with Gasteiger partial charge in [0, 0.05) is 41.5 Å². The van der Waals surface area contributed by atoms with E-state index < -0.39 is 0 Å². The fraction of sp³-hybridized carbons (Fsp3) is 0.0556. The zero-order chi connectivity index (χ0) is 25.9. The molecule has 4 aliphatic heterocycles. The Kier molecular flexibility index (Phi) is 3.75. The largest absolute Gasteiger partial charge is 0.328 e. The molecular weight excluding hydrogens is 488 g/mol. The Balaban J connectivity index is 1.35. The molecule has 6 aromatic rings.